The summed E-state index contributed by atoms with van der Waals surface area (Å²) < 4.78 is 9.85. The Balaban J connectivity index is 0.000000626. The van der Waals surface area contributed by atoms with Gasteiger partial charge in [-0.2, -0.15) is 0 Å². The van der Waals surface area contributed by atoms with E-state index >= 15 is 0 Å². The molecule has 0 atom stereocenters. The van der Waals surface area contributed by atoms with Crippen LogP contribution in [-0.4, -0.2) is 60.7 Å². The number of ether oxygens (including phenoxy) is 2. The Morgan fingerprint density at radius 2 is 1.95 bits per heavy atom. The van der Waals surface area contributed by atoms with Gasteiger partial charge in [-0.3, -0.25) is 0 Å². The van der Waals surface area contributed by atoms with Crippen LogP contribution in [0.5, 0.6) is 0 Å². The van der Waals surface area contributed by atoms with E-state index in [1.165, 1.54) is 12.3 Å². The molecule has 0 aliphatic carbocycles. The number of hydrogen-bond acceptors (Lipinski definition) is 6. The molecule has 0 unspecified atom stereocenters. The summed E-state index contributed by atoms with van der Waals surface area (Å²) in [5, 5.41) is 20.2. The molecule has 126 valence electrons. The molecule has 0 aliphatic rings. The van der Waals surface area contributed by atoms with Crippen LogP contribution in [0, 0.1) is 0 Å². The average molecular weight is 335 g/mol. The van der Waals surface area contributed by atoms with E-state index in [9.17, 15) is 4.79 Å². The number of aliphatic hydroxyl groups is 1. The number of hydrogen-bond donors (Lipinski definition) is 3. The number of pyridine rings is 1. The number of nitrogens with one attached hydrogen (secondary N) is 1. The first kappa shape index (κ1) is 20.6. The number of aromatic nitrogens is 1. The minimum Gasteiger partial charge on any atom is -0.478 e. The monoisotopic (exact) mass is 334 g/mol. The van der Waals surface area contributed by atoms with Gasteiger partial charge in [0.25, 0.3) is 0 Å². The van der Waals surface area contributed by atoms with Crippen molar-refractivity contribution >= 4 is 23.4 Å². The quantitative estimate of drug-likeness (QED) is 0.593. The first-order valence-electron chi connectivity index (χ1n) is 6.95. The van der Waals surface area contributed by atoms with E-state index < -0.39 is 5.97 Å². The second-order valence-corrected chi connectivity index (χ2v) is 4.34. The van der Waals surface area contributed by atoms with Gasteiger partial charge in [0.05, 0.1) is 24.8 Å². The summed E-state index contributed by atoms with van der Waals surface area (Å²) in [6, 6.07) is 1.36. The number of anilines is 1. The third kappa shape index (κ3) is 9.51. The molecule has 0 radical (unpaired) electrons. The maximum absolute atomic E-state index is 10.9. The van der Waals surface area contributed by atoms with Crippen LogP contribution in [-0.2, 0) is 9.47 Å². The Labute approximate surface area is 135 Å². The number of aliphatic hydroxyl groups excluding tert-OH is 1. The van der Waals surface area contributed by atoms with Crippen LogP contribution in [0.25, 0.3) is 0 Å². The van der Waals surface area contributed by atoms with Crippen LogP contribution in [0.4, 0.5) is 5.82 Å². The van der Waals surface area contributed by atoms with Crippen molar-refractivity contribution in [2.24, 2.45) is 0 Å². The lowest BCUT2D eigenvalue weighted by molar-refractivity contribution is 0.0697. The van der Waals surface area contributed by atoms with Gasteiger partial charge in [-0.25, -0.2) is 9.78 Å². The second kappa shape index (κ2) is 13.3. The van der Waals surface area contributed by atoms with Crippen molar-refractivity contribution in [3.05, 3.63) is 22.8 Å². The van der Waals surface area contributed by atoms with Crippen molar-refractivity contribution in [2.75, 3.05) is 44.9 Å². The Hall–Kier alpha value is -1.41. The maximum Gasteiger partial charge on any atom is 0.339 e. The lowest BCUT2D eigenvalue weighted by Crippen LogP contribution is -2.13. The Kier molecular flexibility index (Phi) is 12.4. The highest BCUT2D eigenvalue weighted by atomic mass is 35.5. The Morgan fingerprint density at radius 1 is 1.32 bits per heavy atom. The molecule has 0 spiro atoms. The summed E-state index contributed by atoms with van der Waals surface area (Å²) >= 11 is 5.67. The van der Waals surface area contributed by atoms with E-state index in [0.29, 0.717) is 43.8 Å². The summed E-state index contributed by atoms with van der Waals surface area (Å²) in [5.74, 6) is -0.759. The first-order chi connectivity index (χ1) is 10.6. The number of rotatable bonds is 9. The summed E-state index contributed by atoms with van der Waals surface area (Å²) in [6.07, 6.45) is 1.40. The predicted molar refractivity (Wildman–Crippen MR) is 84.8 cm³/mol. The van der Waals surface area contributed by atoms with Crippen molar-refractivity contribution in [2.45, 2.75) is 13.8 Å². The van der Waals surface area contributed by atoms with Crippen LogP contribution in [0.1, 0.15) is 24.2 Å². The van der Waals surface area contributed by atoms with Crippen LogP contribution >= 0.6 is 11.6 Å². The van der Waals surface area contributed by atoms with E-state index in [0.717, 1.165) is 0 Å². The highest BCUT2D eigenvalue weighted by Crippen LogP contribution is 2.17. The topological polar surface area (TPSA) is 101 Å². The molecule has 0 aliphatic heterocycles. The number of carbonyl (C=O) groups is 1. The Morgan fingerprint density at radius 3 is 2.45 bits per heavy atom. The Bertz CT molecular complexity index is 428. The fourth-order valence-electron chi connectivity index (χ4n) is 1.34. The number of carboxylic acids is 1. The molecule has 1 rings (SSSR count). The first-order valence-corrected chi connectivity index (χ1v) is 7.33. The molecule has 1 aromatic rings. The standard InChI is InChI=1S/C10H13ClN2O3.C4H10O2/c1-2-16-4-3-12-9-8(10(14)15)5-7(11)6-13-9;1-2-6-4-3-5/h5-6H,2-4H2,1H3,(H,12,13)(H,14,15);5H,2-4H2,1H3. The smallest absolute Gasteiger partial charge is 0.339 e. The summed E-state index contributed by atoms with van der Waals surface area (Å²) in [5.41, 5.74) is 0.0593. The number of aromatic carboxylic acids is 1. The van der Waals surface area contributed by atoms with E-state index in [1.807, 2.05) is 13.8 Å². The molecular weight excluding hydrogens is 312 g/mol. The fraction of sp³-hybridized carbons (Fsp3) is 0.571. The number of carboxylic acid groups (broad SMARTS) is 1. The summed E-state index contributed by atoms with van der Waals surface area (Å²) in [6.45, 7) is 6.72. The molecule has 0 bridgehead atoms. The minimum atomic E-state index is -1.06. The van der Waals surface area contributed by atoms with Gasteiger partial charge in [-0.05, 0) is 19.9 Å². The maximum atomic E-state index is 10.9. The zero-order valence-corrected chi connectivity index (χ0v) is 13.6. The lowest BCUT2D eigenvalue weighted by atomic mass is 10.2. The largest absolute Gasteiger partial charge is 0.478 e. The van der Waals surface area contributed by atoms with Crippen LogP contribution in [0.3, 0.4) is 0 Å². The molecule has 0 aromatic carbocycles. The van der Waals surface area contributed by atoms with Gasteiger partial charge < -0.3 is 25.0 Å². The third-order valence-electron chi connectivity index (χ3n) is 2.27. The van der Waals surface area contributed by atoms with E-state index in [1.54, 1.807) is 0 Å². The third-order valence-corrected chi connectivity index (χ3v) is 2.47. The average Bonchev–Trinajstić information content (AvgIpc) is 2.51. The van der Waals surface area contributed by atoms with Gasteiger partial charge in [0.2, 0.25) is 0 Å². The van der Waals surface area contributed by atoms with Crippen molar-refractivity contribution in [3.63, 3.8) is 0 Å². The van der Waals surface area contributed by atoms with Gasteiger partial charge in [0.1, 0.15) is 11.4 Å². The highest BCUT2D eigenvalue weighted by molar-refractivity contribution is 6.30. The highest BCUT2D eigenvalue weighted by Gasteiger charge is 2.11. The molecule has 1 aromatic heterocycles. The number of nitrogens with zero attached hydrogens (tertiary/aromatic N) is 1. The zero-order chi connectivity index (χ0) is 16.8. The van der Waals surface area contributed by atoms with E-state index in [-0.39, 0.29) is 12.2 Å². The van der Waals surface area contributed by atoms with Gasteiger partial charge in [-0.15, -0.1) is 0 Å². The van der Waals surface area contributed by atoms with Crippen LogP contribution in [0.15, 0.2) is 12.3 Å². The van der Waals surface area contributed by atoms with E-state index in [4.69, 9.17) is 31.3 Å². The lowest BCUT2D eigenvalue weighted by Gasteiger charge is -2.08. The van der Waals surface area contributed by atoms with Crippen molar-refractivity contribution in [1.82, 2.24) is 4.98 Å². The van der Waals surface area contributed by atoms with Gasteiger partial charge >= 0.3 is 5.97 Å². The predicted octanol–water partition coefficient (Wildman–Crippen LogP) is 1.90. The molecule has 7 nitrogen and oxygen atoms in total. The van der Waals surface area contributed by atoms with Crippen molar-refractivity contribution < 1.29 is 24.5 Å². The number of halogens is 1. The summed E-state index contributed by atoms with van der Waals surface area (Å²) in [4.78, 5) is 14.8. The molecular formula is C14H23ClN2O5. The second-order valence-electron chi connectivity index (χ2n) is 3.90. The molecule has 1 heterocycles. The molecule has 0 saturated heterocycles. The molecule has 0 saturated carbocycles. The SMILES string of the molecule is CCOCCNc1ncc(Cl)cc1C(=O)O.CCOCCO. The fourth-order valence-corrected chi connectivity index (χ4v) is 1.50. The molecule has 3 N–H and O–H groups in total. The minimum absolute atomic E-state index is 0.0593. The molecule has 0 fully saturated rings. The van der Waals surface area contributed by atoms with Gasteiger partial charge in [-0.1, -0.05) is 11.6 Å². The van der Waals surface area contributed by atoms with Crippen LogP contribution < -0.4 is 5.32 Å². The molecule has 8 heteroatoms. The van der Waals surface area contributed by atoms with Gasteiger partial charge in [0, 0.05) is 26.0 Å². The summed E-state index contributed by atoms with van der Waals surface area (Å²) in [7, 11) is 0. The normalized spacial score (nSPS) is 9.82. The molecule has 22 heavy (non-hydrogen) atoms. The van der Waals surface area contributed by atoms with Gasteiger partial charge in [0.15, 0.2) is 0 Å². The van der Waals surface area contributed by atoms with Crippen LogP contribution in [0.2, 0.25) is 5.02 Å². The van der Waals surface area contributed by atoms with Crippen molar-refractivity contribution in [1.29, 1.82) is 0 Å². The molecule has 0 amide bonds. The van der Waals surface area contributed by atoms with Crippen molar-refractivity contribution in [3.8, 4) is 0 Å². The zero-order valence-electron chi connectivity index (χ0n) is 12.8. The van der Waals surface area contributed by atoms with E-state index in [2.05, 4.69) is 10.3 Å².